The molecule has 124 valence electrons. The molecule has 24 heavy (non-hydrogen) atoms. The number of amides is 1. The molecule has 5 nitrogen and oxygen atoms in total. The Kier molecular flexibility index (Phi) is 4.71. The van der Waals surface area contributed by atoms with E-state index in [2.05, 4.69) is 0 Å². The van der Waals surface area contributed by atoms with E-state index in [1.165, 1.54) is 62.4 Å². The van der Waals surface area contributed by atoms with Gasteiger partial charge in [-0.05, 0) is 49.7 Å². The Morgan fingerprint density at radius 3 is 2.38 bits per heavy atom. The van der Waals surface area contributed by atoms with Gasteiger partial charge in [0.2, 0.25) is 5.91 Å². The molecule has 0 saturated heterocycles. The van der Waals surface area contributed by atoms with Crippen LogP contribution in [0.3, 0.4) is 0 Å². The predicted molar refractivity (Wildman–Crippen MR) is 85.9 cm³/mol. The van der Waals surface area contributed by atoms with Gasteiger partial charge in [-0.1, -0.05) is 18.2 Å². The maximum atomic E-state index is 13.0. The topological polar surface area (TPSA) is 87.0 Å². The molecule has 2 aromatic rings. The summed E-state index contributed by atoms with van der Waals surface area (Å²) in [6.45, 7) is 3.08. The SMILES string of the molecule is CC(C)(C(=O)NS(=O)(=O)c1cccc(C#N)c1)c1ccc(F)cc1. The van der Waals surface area contributed by atoms with Gasteiger partial charge in [-0.2, -0.15) is 5.26 Å². The number of halogens is 1. The van der Waals surface area contributed by atoms with Crippen molar-refractivity contribution in [3.05, 3.63) is 65.5 Å². The van der Waals surface area contributed by atoms with Crippen molar-refractivity contribution in [2.75, 3.05) is 0 Å². The van der Waals surface area contributed by atoms with Gasteiger partial charge < -0.3 is 0 Å². The van der Waals surface area contributed by atoms with Gasteiger partial charge in [0, 0.05) is 0 Å². The highest BCUT2D eigenvalue weighted by atomic mass is 32.2. The van der Waals surface area contributed by atoms with Crippen LogP contribution in [0.15, 0.2) is 53.4 Å². The zero-order valence-electron chi connectivity index (χ0n) is 13.1. The van der Waals surface area contributed by atoms with E-state index < -0.39 is 27.2 Å². The Balaban J connectivity index is 2.30. The summed E-state index contributed by atoms with van der Waals surface area (Å²) in [5, 5.41) is 8.85. The van der Waals surface area contributed by atoms with Gasteiger partial charge in [-0.15, -0.1) is 0 Å². The lowest BCUT2D eigenvalue weighted by atomic mass is 9.84. The number of rotatable bonds is 4. The van der Waals surface area contributed by atoms with E-state index in [1.54, 1.807) is 0 Å². The largest absolute Gasteiger partial charge is 0.273 e. The summed E-state index contributed by atoms with van der Waals surface area (Å²) >= 11 is 0. The molecular formula is C17H15FN2O3S. The van der Waals surface area contributed by atoms with Gasteiger partial charge in [-0.3, -0.25) is 4.79 Å². The Morgan fingerprint density at radius 2 is 1.79 bits per heavy atom. The molecule has 0 fully saturated rings. The molecule has 0 aromatic heterocycles. The number of nitriles is 1. The number of sulfonamides is 1. The van der Waals surface area contributed by atoms with Crippen molar-refractivity contribution >= 4 is 15.9 Å². The molecule has 0 unspecified atom stereocenters. The van der Waals surface area contributed by atoms with E-state index in [-0.39, 0.29) is 10.5 Å². The van der Waals surface area contributed by atoms with E-state index in [0.29, 0.717) is 5.56 Å². The monoisotopic (exact) mass is 346 g/mol. The third-order valence-corrected chi connectivity index (χ3v) is 4.96. The van der Waals surface area contributed by atoms with Crippen LogP contribution in [0.2, 0.25) is 0 Å². The first kappa shape index (κ1) is 17.6. The highest BCUT2D eigenvalue weighted by molar-refractivity contribution is 7.90. The van der Waals surface area contributed by atoms with E-state index in [9.17, 15) is 17.6 Å². The van der Waals surface area contributed by atoms with Gasteiger partial charge in [0.15, 0.2) is 0 Å². The minimum absolute atomic E-state index is 0.170. The molecule has 0 saturated carbocycles. The summed E-state index contributed by atoms with van der Waals surface area (Å²) in [4.78, 5) is 12.3. The fraction of sp³-hybridized carbons (Fsp3) is 0.176. The van der Waals surface area contributed by atoms with Gasteiger partial charge in [-0.25, -0.2) is 17.5 Å². The second-order valence-corrected chi connectivity index (χ2v) is 7.39. The van der Waals surface area contributed by atoms with Crippen molar-refractivity contribution in [2.24, 2.45) is 0 Å². The second-order valence-electron chi connectivity index (χ2n) is 5.71. The summed E-state index contributed by atoms with van der Waals surface area (Å²) in [6.07, 6.45) is 0. The van der Waals surface area contributed by atoms with Crippen LogP contribution in [-0.4, -0.2) is 14.3 Å². The minimum atomic E-state index is -4.12. The fourth-order valence-corrected chi connectivity index (χ4v) is 3.20. The Morgan fingerprint density at radius 1 is 1.17 bits per heavy atom. The number of nitrogens with one attached hydrogen (secondary N) is 1. The van der Waals surface area contributed by atoms with Crippen LogP contribution >= 0.6 is 0 Å². The number of hydrogen-bond donors (Lipinski definition) is 1. The molecule has 7 heteroatoms. The standard InChI is InChI=1S/C17H15FN2O3S/c1-17(2,13-6-8-14(18)9-7-13)16(21)20-24(22,23)15-5-3-4-12(10-15)11-19/h3-10H,1-2H3,(H,20,21). The number of hydrogen-bond acceptors (Lipinski definition) is 4. The number of benzene rings is 2. The number of carbonyl (C=O) groups is 1. The first-order chi connectivity index (χ1) is 11.2. The highest BCUT2D eigenvalue weighted by Gasteiger charge is 2.33. The van der Waals surface area contributed by atoms with Crippen molar-refractivity contribution in [2.45, 2.75) is 24.2 Å². The summed E-state index contributed by atoms with van der Waals surface area (Å²) in [5.41, 5.74) is -0.543. The van der Waals surface area contributed by atoms with Crippen molar-refractivity contribution in [1.29, 1.82) is 5.26 Å². The van der Waals surface area contributed by atoms with Crippen molar-refractivity contribution in [3.63, 3.8) is 0 Å². The number of nitrogens with zero attached hydrogens (tertiary/aromatic N) is 1. The first-order valence-corrected chi connectivity index (χ1v) is 8.48. The van der Waals surface area contributed by atoms with Crippen LogP contribution in [0.1, 0.15) is 25.0 Å². The molecule has 0 atom stereocenters. The molecule has 2 aromatic carbocycles. The third kappa shape index (κ3) is 3.60. The molecule has 0 aliphatic carbocycles. The van der Waals surface area contributed by atoms with Crippen LogP contribution in [0, 0.1) is 17.1 Å². The van der Waals surface area contributed by atoms with Crippen molar-refractivity contribution < 1.29 is 17.6 Å². The molecular weight excluding hydrogens is 331 g/mol. The molecule has 0 aliphatic rings. The van der Waals surface area contributed by atoms with Gasteiger partial charge in [0.25, 0.3) is 10.0 Å². The van der Waals surface area contributed by atoms with Gasteiger partial charge >= 0.3 is 0 Å². The van der Waals surface area contributed by atoms with E-state index in [4.69, 9.17) is 5.26 Å². The molecule has 0 spiro atoms. The second kappa shape index (κ2) is 6.42. The third-order valence-electron chi connectivity index (χ3n) is 3.63. The Labute approximate surface area is 139 Å². The quantitative estimate of drug-likeness (QED) is 0.921. The van der Waals surface area contributed by atoms with Crippen LogP contribution < -0.4 is 4.72 Å². The lowest BCUT2D eigenvalue weighted by Crippen LogP contribution is -2.43. The average Bonchev–Trinajstić information content (AvgIpc) is 2.55. The Hall–Kier alpha value is -2.72. The first-order valence-electron chi connectivity index (χ1n) is 7.00. The van der Waals surface area contributed by atoms with Gasteiger partial charge in [0.1, 0.15) is 5.82 Å². The maximum absolute atomic E-state index is 13.0. The van der Waals surface area contributed by atoms with Crippen LogP contribution in [0.4, 0.5) is 4.39 Å². The normalized spacial score (nSPS) is 11.6. The molecule has 0 aliphatic heterocycles. The minimum Gasteiger partial charge on any atom is -0.273 e. The van der Waals surface area contributed by atoms with Crippen LogP contribution in [0.25, 0.3) is 0 Å². The van der Waals surface area contributed by atoms with Gasteiger partial charge in [0.05, 0.1) is 21.9 Å². The van der Waals surface area contributed by atoms with Crippen LogP contribution in [-0.2, 0) is 20.2 Å². The summed E-state index contributed by atoms with van der Waals surface area (Å²) in [6, 6.07) is 12.5. The lowest BCUT2D eigenvalue weighted by molar-refractivity contribution is -0.123. The molecule has 0 heterocycles. The molecule has 1 amide bonds. The van der Waals surface area contributed by atoms with E-state index >= 15 is 0 Å². The summed E-state index contributed by atoms with van der Waals surface area (Å²) < 4.78 is 39.7. The smallest absolute Gasteiger partial charge is 0.264 e. The summed E-state index contributed by atoms with van der Waals surface area (Å²) in [7, 11) is -4.12. The molecule has 2 rings (SSSR count). The zero-order valence-corrected chi connectivity index (χ0v) is 13.9. The Bertz CT molecular complexity index is 914. The predicted octanol–water partition coefficient (Wildman–Crippen LogP) is 2.48. The zero-order chi connectivity index (χ0) is 18.0. The number of carbonyl (C=O) groups excluding carboxylic acids is 1. The lowest BCUT2D eigenvalue weighted by Gasteiger charge is -2.24. The van der Waals surface area contributed by atoms with Crippen molar-refractivity contribution in [1.82, 2.24) is 4.72 Å². The molecule has 0 radical (unpaired) electrons. The van der Waals surface area contributed by atoms with E-state index in [1.807, 2.05) is 10.8 Å². The van der Waals surface area contributed by atoms with Crippen molar-refractivity contribution in [3.8, 4) is 6.07 Å². The van der Waals surface area contributed by atoms with E-state index in [0.717, 1.165) is 0 Å². The van der Waals surface area contributed by atoms with Crippen LogP contribution in [0.5, 0.6) is 0 Å². The molecule has 1 N–H and O–H groups in total. The molecule has 0 bridgehead atoms. The average molecular weight is 346 g/mol. The highest BCUT2D eigenvalue weighted by Crippen LogP contribution is 2.24. The maximum Gasteiger partial charge on any atom is 0.264 e. The fourth-order valence-electron chi connectivity index (χ4n) is 2.04. The summed E-state index contributed by atoms with van der Waals surface area (Å²) in [5.74, 6) is -1.20.